The number of phenols is 1. The molecular weight excluding hydrogens is 168 g/mol. The van der Waals surface area contributed by atoms with Crippen LogP contribution in [0.25, 0.3) is 6.08 Å². The van der Waals surface area contributed by atoms with Crippen molar-refractivity contribution >= 4 is 17.7 Å². The molecule has 1 aromatic carbocycles. The molecule has 0 saturated heterocycles. The number of amidine groups is 1. The Bertz CT molecular complexity index is 517. The second-order valence-electron chi connectivity index (χ2n) is 2.68. The molecule has 0 atom stereocenters. The quantitative estimate of drug-likeness (QED) is 0.548. The Labute approximate surface area is 73.4 Å². The summed E-state index contributed by atoms with van der Waals surface area (Å²) >= 11 is 0. The number of aromatic hydroxyl groups is 1. The van der Waals surface area contributed by atoms with E-state index in [4.69, 9.17) is 5.41 Å². The zero-order valence-electron chi connectivity index (χ0n) is 6.61. The fraction of sp³-hybridized carbons (Fsp3) is 0. The molecule has 4 nitrogen and oxygen atoms in total. The summed E-state index contributed by atoms with van der Waals surface area (Å²) in [6, 6.07) is 4.77. The first-order chi connectivity index (χ1) is 6.18. The highest BCUT2D eigenvalue weighted by atomic mass is 16.3. The van der Waals surface area contributed by atoms with Gasteiger partial charge in [-0.2, -0.15) is 0 Å². The number of fused-ring (bicyclic) bond motifs is 1. The van der Waals surface area contributed by atoms with Crippen molar-refractivity contribution in [1.29, 1.82) is 5.41 Å². The number of rotatable bonds is 0. The van der Waals surface area contributed by atoms with Crippen LogP contribution in [0.15, 0.2) is 23.2 Å². The highest BCUT2D eigenvalue weighted by Crippen LogP contribution is 1.97. The van der Waals surface area contributed by atoms with Crippen molar-refractivity contribution < 1.29 is 9.90 Å². The van der Waals surface area contributed by atoms with Gasteiger partial charge in [0.05, 0.1) is 0 Å². The number of carbonyl (C=O) groups excluding carboxylic acids is 1. The number of phenolic OH excluding ortho intramolecular Hbond substituents is 1. The second kappa shape index (κ2) is 2.52. The van der Waals surface area contributed by atoms with Gasteiger partial charge in [0.1, 0.15) is 11.1 Å². The molecule has 0 fully saturated rings. The van der Waals surface area contributed by atoms with Crippen LogP contribution in [0.1, 0.15) is 0 Å². The molecule has 13 heavy (non-hydrogen) atoms. The number of benzene rings is 1. The van der Waals surface area contributed by atoms with Crippen molar-refractivity contribution in [3.8, 4) is 5.75 Å². The van der Waals surface area contributed by atoms with E-state index in [1.165, 1.54) is 12.1 Å². The van der Waals surface area contributed by atoms with Crippen LogP contribution < -0.4 is 10.6 Å². The third kappa shape index (κ3) is 1.12. The molecule has 0 radical (unpaired) electrons. The van der Waals surface area contributed by atoms with Crippen molar-refractivity contribution in [2.75, 3.05) is 0 Å². The summed E-state index contributed by atoms with van der Waals surface area (Å²) in [5, 5.41) is 17.4. The van der Waals surface area contributed by atoms with Gasteiger partial charge in [0, 0.05) is 5.22 Å². The molecule has 2 N–H and O–H groups in total. The van der Waals surface area contributed by atoms with Crippen LogP contribution in [0, 0.1) is 5.41 Å². The smallest absolute Gasteiger partial charge is 0.223 e. The van der Waals surface area contributed by atoms with E-state index in [2.05, 4.69) is 4.99 Å². The molecule has 0 amide bonds. The molecule has 64 valence electrons. The highest BCUT2D eigenvalue weighted by molar-refractivity contribution is 6.49. The van der Waals surface area contributed by atoms with Gasteiger partial charge in [0.25, 0.3) is 0 Å². The second-order valence-corrected chi connectivity index (χ2v) is 2.68. The molecule has 0 aliphatic carbocycles. The standard InChI is InChI=1S/C9H6N2O2/c10-9-7(13)4-5-2-1-3-6(12)8(5)11-9/h1-4,10,12H. The van der Waals surface area contributed by atoms with Gasteiger partial charge in [-0.05, 0) is 12.1 Å². The molecule has 4 heteroatoms. The number of carbonyl (C=O) groups is 1. The van der Waals surface area contributed by atoms with Gasteiger partial charge in [-0.1, -0.05) is 12.1 Å². The van der Waals surface area contributed by atoms with Crippen LogP contribution in [0.2, 0.25) is 0 Å². The van der Waals surface area contributed by atoms with Crippen LogP contribution in [0.4, 0.5) is 0 Å². The molecule has 1 aromatic rings. The molecule has 0 saturated carbocycles. The molecule has 1 aliphatic heterocycles. The molecule has 0 unspecified atom stereocenters. The van der Waals surface area contributed by atoms with E-state index in [1.807, 2.05) is 0 Å². The number of nitrogens with zero attached hydrogens (tertiary/aromatic N) is 1. The van der Waals surface area contributed by atoms with E-state index < -0.39 is 5.78 Å². The predicted molar refractivity (Wildman–Crippen MR) is 46.1 cm³/mol. The van der Waals surface area contributed by atoms with Gasteiger partial charge < -0.3 is 5.11 Å². The van der Waals surface area contributed by atoms with E-state index in [9.17, 15) is 9.90 Å². The molecule has 1 aliphatic rings. The van der Waals surface area contributed by atoms with Crippen molar-refractivity contribution in [3.05, 3.63) is 28.8 Å². The van der Waals surface area contributed by atoms with Gasteiger partial charge in [-0.25, -0.2) is 4.99 Å². The lowest BCUT2D eigenvalue weighted by molar-refractivity contribution is -0.107. The predicted octanol–water partition coefficient (Wildman–Crippen LogP) is -0.648. The molecule has 0 bridgehead atoms. The molecular formula is C9H6N2O2. The summed E-state index contributed by atoms with van der Waals surface area (Å²) in [5.41, 5.74) is 0. The SMILES string of the molecule is N=C1N=c2c(O)cccc2=CC1=O. The Morgan fingerprint density at radius 3 is 2.92 bits per heavy atom. The van der Waals surface area contributed by atoms with Crippen LogP contribution >= 0.6 is 0 Å². The number of Topliss-reactive ketones (excluding diaryl/α,β-unsaturated/α-hetero) is 1. The van der Waals surface area contributed by atoms with Crippen molar-refractivity contribution in [3.63, 3.8) is 0 Å². The summed E-state index contributed by atoms with van der Waals surface area (Å²) in [5.74, 6) is -0.780. The van der Waals surface area contributed by atoms with Gasteiger partial charge >= 0.3 is 0 Å². The normalized spacial score (nSPS) is 14.5. The van der Waals surface area contributed by atoms with Gasteiger partial charge in [-0.3, -0.25) is 10.2 Å². The Morgan fingerprint density at radius 2 is 2.15 bits per heavy atom. The van der Waals surface area contributed by atoms with E-state index in [-0.39, 0.29) is 11.6 Å². The number of hydrogen-bond acceptors (Lipinski definition) is 3. The number of ketones is 1. The number of hydrogen-bond donors (Lipinski definition) is 2. The Balaban J connectivity index is 2.92. The third-order valence-electron chi connectivity index (χ3n) is 1.79. The van der Waals surface area contributed by atoms with Gasteiger partial charge in [0.2, 0.25) is 5.78 Å². The molecule has 2 rings (SSSR count). The first-order valence-corrected chi connectivity index (χ1v) is 3.70. The maximum Gasteiger partial charge on any atom is 0.223 e. The largest absolute Gasteiger partial charge is 0.506 e. The minimum atomic E-state index is -0.432. The molecule has 0 spiro atoms. The van der Waals surface area contributed by atoms with Crippen molar-refractivity contribution in [1.82, 2.24) is 0 Å². The zero-order chi connectivity index (χ0) is 9.42. The fourth-order valence-corrected chi connectivity index (χ4v) is 1.16. The highest BCUT2D eigenvalue weighted by Gasteiger charge is 2.10. The summed E-state index contributed by atoms with van der Waals surface area (Å²) < 4.78 is 0. The fourth-order valence-electron chi connectivity index (χ4n) is 1.16. The average molecular weight is 174 g/mol. The van der Waals surface area contributed by atoms with E-state index in [0.717, 1.165) is 0 Å². The van der Waals surface area contributed by atoms with Crippen LogP contribution in [0.3, 0.4) is 0 Å². The van der Waals surface area contributed by atoms with Crippen LogP contribution in [-0.4, -0.2) is 16.7 Å². The minimum absolute atomic E-state index is 0.00833. The van der Waals surface area contributed by atoms with E-state index >= 15 is 0 Å². The Morgan fingerprint density at radius 1 is 1.38 bits per heavy atom. The lowest BCUT2D eigenvalue weighted by atomic mass is 10.2. The van der Waals surface area contributed by atoms with Crippen LogP contribution in [0.5, 0.6) is 5.75 Å². The first kappa shape index (κ1) is 7.67. The summed E-state index contributed by atoms with van der Waals surface area (Å²) in [6.07, 6.45) is 1.30. The topological polar surface area (TPSA) is 73.5 Å². The van der Waals surface area contributed by atoms with E-state index in [1.54, 1.807) is 12.1 Å². The molecule has 0 aromatic heterocycles. The maximum atomic E-state index is 11.0. The lowest BCUT2D eigenvalue weighted by Crippen LogP contribution is -2.33. The van der Waals surface area contributed by atoms with Crippen LogP contribution in [-0.2, 0) is 4.79 Å². The monoisotopic (exact) mass is 174 g/mol. The zero-order valence-corrected chi connectivity index (χ0v) is 6.61. The minimum Gasteiger partial charge on any atom is -0.506 e. The third-order valence-corrected chi connectivity index (χ3v) is 1.79. The molecule has 1 heterocycles. The van der Waals surface area contributed by atoms with E-state index in [0.29, 0.717) is 10.6 Å². The van der Waals surface area contributed by atoms with Gasteiger partial charge in [-0.15, -0.1) is 0 Å². The maximum absolute atomic E-state index is 11.0. The summed E-state index contributed by atoms with van der Waals surface area (Å²) in [6.45, 7) is 0. The summed E-state index contributed by atoms with van der Waals surface area (Å²) in [4.78, 5) is 14.7. The number of nitrogens with one attached hydrogen (secondary N) is 1. The Hall–Kier alpha value is -1.97. The first-order valence-electron chi connectivity index (χ1n) is 3.70. The average Bonchev–Trinajstić information content (AvgIpc) is 2.09. The lowest BCUT2D eigenvalue weighted by Gasteiger charge is -2.00. The van der Waals surface area contributed by atoms with Gasteiger partial charge in [0.15, 0.2) is 5.84 Å². The summed E-state index contributed by atoms with van der Waals surface area (Å²) in [7, 11) is 0. The van der Waals surface area contributed by atoms with Crippen molar-refractivity contribution in [2.45, 2.75) is 0 Å². The Kier molecular flexibility index (Phi) is 1.48. The van der Waals surface area contributed by atoms with Crippen molar-refractivity contribution in [2.24, 2.45) is 4.99 Å². The number of para-hydroxylation sites is 1.